The lowest BCUT2D eigenvalue weighted by molar-refractivity contribution is -0.137. The van der Waals surface area contributed by atoms with Gasteiger partial charge in [-0.2, -0.15) is 0 Å². The Bertz CT molecular complexity index is 982. The molecule has 3 aliphatic rings. The summed E-state index contributed by atoms with van der Waals surface area (Å²) in [6, 6.07) is 8.59. The van der Waals surface area contributed by atoms with Crippen LogP contribution in [0.1, 0.15) is 63.9 Å². The quantitative estimate of drug-likeness (QED) is 0.727. The molecular formula is C26H35N3O3. The van der Waals surface area contributed by atoms with Gasteiger partial charge >= 0.3 is 0 Å². The highest BCUT2D eigenvalue weighted by Crippen LogP contribution is 2.70. The minimum absolute atomic E-state index is 0.0782. The first-order chi connectivity index (χ1) is 15.3. The molecule has 1 amide bonds. The van der Waals surface area contributed by atoms with E-state index in [2.05, 4.69) is 36.3 Å². The van der Waals surface area contributed by atoms with Crippen molar-refractivity contribution >= 4 is 5.91 Å². The zero-order valence-corrected chi connectivity index (χ0v) is 19.6. The van der Waals surface area contributed by atoms with Gasteiger partial charge in [-0.3, -0.25) is 4.79 Å². The Morgan fingerprint density at radius 1 is 1.31 bits per heavy atom. The van der Waals surface area contributed by atoms with Gasteiger partial charge in [0, 0.05) is 38.5 Å². The van der Waals surface area contributed by atoms with Crippen LogP contribution in [0.15, 0.2) is 36.7 Å². The molecule has 1 spiro atoms. The maximum atomic E-state index is 12.4. The average molecular weight is 438 g/mol. The van der Waals surface area contributed by atoms with Crippen molar-refractivity contribution in [2.75, 3.05) is 6.61 Å². The molecule has 1 saturated heterocycles. The number of nitrogens with one attached hydrogen (secondary N) is 1. The predicted octanol–water partition coefficient (Wildman–Crippen LogP) is 4.41. The fourth-order valence-corrected chi connectivity index (χ4v) is 6.82. The highest BCUT2D eigenvalue weighted by molar-refractivity contribution is 5.76. The van der Waals surface area contributed by atoms with Crippen molar-refractivity contribution in [1.29, 1.82) is 0 Å². The summed E-state index contributed by atoms with van der Waals surface area (Å²) >= 11 is 0. The molecule has 5 rings (SSSR count). The summed E-state index contributed by atoms with van der Waals surface area (Å²) in [5.41, 5.74) is 1.48. The van der Waals surface area contributed by atoms with E-state index in [1.807, 2.05) is 36.9 Å². The third-order valence-corrected chi connectivity index (χ3v) is 8.63. The lowest BCUT2D eigenvalue weighted by atomic mass is 9.59. The van der Waals surface area contributed by atoms with Gasteiger partial charge in [-0.25, -0.2) is 4.98 Å². The minimum Gasteiger partial charge on any atom is -0.486 e. The lowest BCUT2D eigenvalue weighted by Gasteiger charge is -2.53. The Kier molecular flexibility index (Phi) is 5.31. The van der Waals surface area contributed by atoms with E-state index in [0.29, 0.717) is 24.9 Å². The number of fused-ring (bicyclic) bond motifs is 1. The Morgan fingerprint density at radius 3 is 2.78 bits per heavy atom. The number of amides is 1. The van der Waals surface area contributed by atoms with Gasteiger partial charge in [0.05, 0.1) is 6.10 Å². The number of hydrogen-bond acceptors (Lipinski definition) is 4. The average Bonchev–Trinajstić information content (AvgIpc) is 3.44. The van der Waals surface area contributed by atoms with Gasteiger partial charge in [-0.1, -0.05) is 32.9 Å². The van der Waals surface area contributed by atoms with E-state index in [0.717, 1.165) is 24.6 Å². The zero-order chi connectivity index (χ0) is 22.5. The van der Waals surface area contributed by atoms with Crippen LogP contribution in [-0.2, 0) is 23.2 Å². The molecule has 1 aliphatic heterocycles. The fourth-order valence-electron chi connectivity index (χ4n) is 6.82. The number of carbonyl (C=O) groups is 1. The Labute approximate surface area is 190 Å². The van der Waals surface area contributed by atoms with Crippen LogP contribution in [0.5, 0.6) is 5.75 Å². The monoisotopic (exact) mass is 437 g/mol. The maximum Gasteiger partial charge on any atom is 0.219 e. The topological polar surface area (TPSA) is 65.4 Å². The number of nitrogens with zero attached hydrogens (tertiary/aromatic N) is 2. The highest BCUT2D eigenvalue weighted by atomic mass is 16.5. The normalized spacial score (nSPS) is 32.5. The molecule has 0 radical (unpaired) electrons. The van der Waals surface area contributed by atoms with Crippen LogP contribution in [0, 0.1) is 22.7 Å². The molecule has 172 valence electrons. The van der Waals surface area contributed by atoms with Gasteiger partial charge in [-0.05, 0) is 59.6 Å². The molecule has 2 aromatic rings. The number of ether oxygens (including phenoxy) is 2. The Hall–Kier alpha value is -2.34. The van der Waals surface area contributed by atoms with Gasteiger partial charge in [-0.15, -0.1) is 0 Å². The first-order valence-electron chi connectivity index (χ1n) is 11.9. The standard InChI is InChI=1S/C26H35N3O3/c1-5-22(30)28-24-25(2,3)18-14-20-23(31-13-10-26(20,24)15-18)17-6-8-19(9-7-17)32-16-21-27-11-12-29(21)4/h6-9,11-12,18,20,23-24H,5,10,13-16H2,1-4H3,(H,28,30)/t18-,20-,23-,24+,26-/m1/s1. The molecule has 1 aromatic carbocycles. The van der Waals surface area contributed by atoms with Gasteiger partial charge in [0.15, 0.2) is 0 Å². The largest absolute Gasteiger partial charge is 0.486 e. The first-order valence-corrected chi connectivity index (χ1v) is 11.9. The minimum atomic E-state index is 0.0782. The van der Waals surface area contributed by atoms with Gasteiger partial charge in [0.1, 0.15) is 18.2 Å². The smallest absolute Gasteiger partial charge is 0.219 e. The second-order valence-corrected chi connectivity index (χ2v) is 10.5. The number of carbonyl (C=O) groups excluding carboxylic acids is 1. The highest BCUT2D eigenvalue weighted by Gasteiger charge is 2.68. The lowest BCUT2D eigenvalue weighted by Crippen LogP contribution is -2.58. The first kappa shape index (κ1) is 21.5. The van der Waals surface area contributed by atoms with Crippen LogP contribution in [0.4, 0.5) is 0 Å². The third-order valence-electron chi connectivity index (χ3n) is 8.63. The van der Waals surface area contributed by atoms with Crippen molar-refractivity contribution in [3.05, 3.63) is 48.0 Å². The summed E-state index contributed by atoms with van der Waals surface area (Å²) in [7, 11) is 1.97. The zero-order valence-electron chi connectivity index (χ0n) is 19.6. The van der Waals surface area contributed by atoms with E-state index in [1.54, 1.807) is 6.20 Å². The van der Waals surface area contributed by atoms with Crippen molar-refractivity contribution in [1.82, 2.24) is 14.9 Å². The van der Waals surface area contributed by atoms with Crippen molar-refractivity contribution in [3.8, 4) is 5.75 Å². The number of aromatic nitrogens is 2. The van der Waals surface area contributed by atoms with Crippen molar-refractivity contribution < 1.29 is 14.3 Å². The Morgan fingerprint density at radius 2 is 2.09 bits per heavy atom. The van der Waals surface area contributed by atoms with Gasteiger partial charge in [0.25, 0.3) is 0 Å². The van der Waals surface area contributed by atoms with Crippen LogP contribution in [0.3, 0.4) is 0 Å². The molecule has 2 bridgehead atoms. The van der Waals surface area contributed by atoms with E-state index < -0.39 is 0 Å². The van der Waals surface area contributed by atoms with E-state index in [1.165, 1.54) is 18.4 Å². The molecular weight excluding hydrogens is 402 g/mol. The summed E-state index contributed by atoms with van der Waals surface area (Å²) in [6.45, 7) is 7.84. The van der Waals surface area contributed by atoms with E-state index in [4.69, 9.17) is 9.47 Å². The molecule has 1 aromatic heterocycles. The molecule has 6 heteroatoms. The fraction of sp³-hybridized carbons (Fsp3) is 0.615. The molecule has 2 heterocycles. The molecule has 3 fully saturated rings. The second-order valence-electron chi connectivity index (χ2n) is 10.5. The maximum absolute atomic E-state index is 12.4. The van der Waals surface area contributed by atoms with Crippen LogP contribution in [-0.4, -0.2) is 28.1 Å². The predicted molar refractivity (Wildman–Crippen MR) is 122 cm³/mol. The summed E-state index contributed by atoms with van der Waals surface area (Å²) in [5.74, 6) is 2.97. The molecule has 2 aliphatic carbocycles. The molecule has 0 unspecified atom stereocenters. The van der Waals surface area contributed by atoms with Crippen molar-refractivity contribution in [3.63, 3.8) is 0 Å². The number of imidazole rings is 1. The van der Waals surface area contributed by atoms with Crippen LogP contribution < -0.4 is 10.1 Å². The Balaban J connectivity index is 1.34. The molecule has 2 saturated carbocycles. The van der Waals surface area contributed by atoms with Crippen molar-refractivity contribution in [2.24, 2.45) is 29.7 Å². The summed E-state index contributed by atoms with van der Waals surface area (Å²) in [6.07, 6.45) is 7.73. The molecule has 1 N–H and O–H groups in total. The van der Waals surface area contributed by atoms with E-state index in [-0.39, 0.29) is 28.9 Å². The number of benzene rings is 1. The van der Waals surface area contributed by atoms with E-state index in [9.17, 15) is 4.79 Å². The van der Waals surface area contributed by atoms with Crippen LogP contribution >= 0.6 is 0 Å². The second kappa shape index (κ2) is 7.91. The molecule has 32 heavy (non-hydrogen) atoms. The van der Waals surface area contributed by atoms with Gasteiger partial charge in [0.2, 0.25) is 5.91 Å². The summed E-state index contributed by atoms with van der Waals surface area (Å²) in [4.78, 5) is 16.7. The summed E-state index contributed by atoms with van der Waals surface area (Å²) < 4.78 is 14.3. The third kappa shape index (κ3) is 3.35. The SMILES string of the molecule is CCC(=O)N[C@H]1C(C)(C)[C@@H]2C[C@@H]3[C@@H](c4ccc(OCc5nccn5C)cc4)OCC[C@@]31C2. The van der Waals surface area contributed by atoms with Gasteiger partial charge < -0.3 is 19.4 Å². The molecule has 6 nitrogen and oxygen atoms in total. The molecule has 5 atom stereocenters. The number of rotatable bonds is 6. The van der Waals surface area contributed by atoms with Crippen LogP contribution in [0.2, 0.25) is 0 Å². The summed E-state index contributed by atoms with van der Waals surface area (Å²) in [5, 5.41) is 3.43. The van der Waals surface area contributed by atoms with Crippen LogP contribution in [0.25, 0.3) is 0 Å². The number of hydrogen-bond donors (Lipinski definition) is 1. The van der Waals surface area contributed by atoms with Crippen molar-refractivity contribution in [2.45, 2.75) is 65.2 Å². The van der Waals surface area contributed by atoms with E-state index >= 15 is 0 Å². The number of aryl methyl sites for hydroxylation is 1.